The molecule has 0 unspecified atom stereocenters. The number of amides is 1. The molecular formula is C18H18Cl2N2O3. The van der Waals surface area contributed by atoms with Crippen LogP contribution >= 0.6 is 23.2 Å². The molecule has 3 rings (SSSR count). The first-order valence-electron chi connectivity index (χ1n) is 7.82. The quantitative estimate of drug-likeness (QED) is 0.548. The summed E-state index contributed by atoms with van der Waals surface area (Å²) >= 11 is 12.0. The Morgan fingerprint density at radius 1 is 1.32 bits per heavy atom. The van der Waals surface area contributed by atoms with E-state index < -0.39 is 5.91 Å². The Morgan fingerprint density at radius 3 is 2.68 bits per heavy atom. The molecule has 0 saturated heterocycles. The van der Waals surface area contributed by atoms with E-state index in [0.29, 0.717) is 51.2 Å². The molecule has 0 atom stereocenters. The summed E-state index contributed by atoms with van der Waals surface area (Å²) in [5.41, 5.74) is 2.25. The van der Waals surface area contributed by atoms with Crippen molar-refractivity contribution in [1.29, 1.82) is 0 Å². The molecule has 7 heteroatoms. The van der Waals surface area contributed by atoms with Crippen molar-refractivity contribution in [3.63, 3.8) is 0 Å². The Morgan fingerprint density at radius 2 is 2.04 bits per heavy atom. The molecule has 0 radical (unpaired) electrons. The molecule has 25 heavy (non-hydrogen) atoms. The second-order valence-electron chi connectivity index (χ2n) is 7.00. The summed E-state index contributed by atoms with van der Waals surface area (Å²) < 4.78 is 5.83. The summed E-state index contributed by atoms with van der Waals surface area (Å²) in [6.07, 6.45) is 1.28. The molecule has 1 aromatic heterocycles. The average Bonchev–Trinajstić information content (AvgIpc) is 2.84. The fourth-order valence-corrected chi connectivity index (χ4v) is 3.64. The van der Waals surface area contributed by atoms with Gasteiger partial charge in [-0.15, -0.1) is 0 Å². The highest BCUT2D eigenvalue weighted by atomic mass is 35.5. The number of benzene rings is 1. The Hall–Kier alpha value is -1.98. The van der Waals surface area contributed by atoms with E-state index in [1.54, 1.807) is 25.1 Å². The number of anilines is 1. The van der Waals surface area contributed by atoms with Gasteiger partial charge in [-0.3, -0.25) is 4.79 Å². The molecule has 1 aromatic carbocycles. The van der Waals surface area contributed by atoms with Crippen LogP contribution in [-0.4, -0.2) is 16.8 Å². The van der Waals surface area contributed by atoms with Crippen molar-refractivity contribution in [2.24, 2.45) is 10.6 Å². The minimum Gasteiger partial charge on any atom is -0.455 e. The molecule has 0 fully saturated rings. The first-order valence-corrected chi connectivity index (χ1v) is 8.57. The van der Waals surface area contributed by atoms with Crippen LogP contribution in [0.1, 0.15) is 47.7 Å². The smallest absolute Gasteiger partial charge is 0.291 e. The fourth-order valence-electron chi connectivity index (χ4n) is 3.19. The van der Waals surface area contributed by atoms with E-state index in [2.05, 4.69) is 24.3 Å². The predicted molar refractivity (Wildman–Crippen MR) is 98.3 cm³/mol. The minimum atomic E-state index is -0.411. The lowest BCUT2D eigenvalue weighted by Crippen LogP contribution is -2.27. The highest BCUT2D eigenvalue weighted by Gasteiger charge is 2.36. The third-order valence-electron chi connectivity index (χ3n) is 4.30. The van der Waals surface area contributed by atoms with Gasteiger partial charge in [0.2, 0.25) is 0 Å². The van der Waals surface area contributed by atoms with Crippen LogP contribution in [0.15, 0.2) is 27.8 Å². The van der Waals surface area contributed by atoms with Gasteiger partial charge in [0.05, 0.1) is 16.4 Å². The van der Waals surface area contributed by atoms with Crippen LogP contribution in [0.3, 0.4) is 0 Å². The Kier molecular flexibility index (Phi) is 4.56. The number of rotatable bonds is 2. The van der Waals surface area contributed by atoms with Crippen molar-refractivity contribution >= 4 is 40.5 Å². The number of furan rings is 1. The molecule has 0 aliphatic heterocycles. The predicted octanol–water partition coefficient (Wildman–Crippen LogP) is 5.30. The van der Waals surface area contributed by atoms with Crippen LogP contribution in [0.25, 0.3) is 0 Å². The van der Waals surface area contributed by atoms with Gasteiger partial charge in [-0.25, -0.2) is 0 Å². The lowest BCUT2D eigenvalue weighted by Gasteiger charge is -2.28. The number of carbonyl (C=O) groups excluding carboxylic acids is 1. The molecule has 132 valence electrons. The zero-order chi connectivity index (χ0) is 18.4. The summed E-state index contributed by atoms with van der Waals surface area (Å²) in [6, 6.07) is 4.82. The van der Waals surface area contributed by atoms with E-state index in [-0.39, 0.29) is 11.2 Å². The van der Waals surface area contributed by atoms with Gasteiger partial charge in [0.25, 0.3) is 5.91 Å². The molecule has 1 aliphatic carbocycles. The van der Waals surface area contributed by atoms with Gasteiger partial charge in [-0.2, -0.15) is 0 Å². The molecule has 1 aliphatic rings. The van der Waals surface area contributed by atoms with Crippen LogP contribution in [0, 0.1) is 12.3 Å². The zero-order valence-corrected chi connectivity index (χ0v) is 15.6. The van der Waals surface area contributed by atoms with E-state index in [1.165, 1.54) is 0 Å². The van der Waals surface area contributed by atoms with Gasteiger partial charge < -0.3 is 14.9 Å². The Labute approximate surface area is 155 Å². The van der Waals surface area contributed by atoms with Crippen LogP contribution < -0.4 is 5.32 Å². The van der Waals surface area contributed by atoms with Gasteiger partial charge in [-0.1, -0.05) is 42.2 Å². The maximum atomic E-state index is 12.6. The molecule has 1 amide bonds. The van der Waals surface area contributed by atoms with Crippen molar-refractivity contribution in [3.8, 4) is 0 Å². The van der Waals surface area contributed by atoms with Crippen LogP contribution in [-0.2, 0) is 6.42 Å². The number of nitrogens with one attached hydrogen (secondary N) is 1. The van der Waals surface area contributed by atoms with Crippen molar-refractivity contribution < 1.29 is 14.4 Å². The maximum Gasteiger partial charge on any atom is 0.291 e. The minimum absolute atomic E-state index is 0.105. The third-order valence-corrected chi connectivity index (χ3v) is 4.85. The van der Waals surface area contributed by atoms with E-state index in [4.69, 9.17) is 27.6 Å². The Bertz CT molecular complexity index is 885. The van der Waals surface area contributed by atoms with E-state index in [0.717, 1.165) is 0 Å². The lowest BCUT2D eigenvalue weighted by molar-refractivity contribution is 0.0993. The molecule has 2 aromatic rings. The highest BCUT2D eigenvalue weighted by molar-refractivity contribution is 6.36. The molecule has 0 saturated carbocycles. The number of nitrogens with zero attached hydrogens (tertiary/aromatic N) is 1. The standard InChI is InChI=1S/C18H18Cl2N2O3/c1-9-15-13(22-24)7-18(2,3)8-14(15)25-16(9)17(23)21-12-5-4-10(19)6-11(12)20/h4-6,24H,7-8H2,1-3H3,(H,21,23)/b22-13-. The van der Waals surface area contributed by atoms with Crippen LogP contribution in [0.5, 0.6) is 0 Å². The Balaban J connectivity index is 1.96. The first-order chi connectivity index (χ1) is 11.7. The lowest BCUT2D eigenvalue weighted by atomic mass is 9.75. The number of halogens is 2. The van der Waals surface area contributed by atoms with Gasteiger partial charge in [0.15, 0.2) is 5.76 Å². The summed E-state index contributed by atoms with van der Waals surface area (Å²) in [7, 11) is 0. The molecule has 2 N–H and O–H groups in total. The number of carbonyl (C=O) groups is 1. The van der Waals surface area contributed by atoms with Gasteiger partial charge in [0.1, 0.15) is 5.76 Å². The van der Waals surface area contributed by atoms with E-state index in [1.807, 2.05) is 0 Å². The van der Waals surface area contributed by atoms with Crippen LogP contribution in [0.4, 0.5) is 5.69 Å². The second kappa shape index (κ2) is 6.39. The number of oxime groups is 1. The maximum absolute atomic E-state index is 12.6. The van der Waals surface area contributed by atoms with Crippen molar-refractivity contribution in [3.05, 3.63) is 50.9 Å². The molecule has 1 heterocycles. The molecule has 5 nitrogen and oxygen atoms in total. The van der Waals surface area contributed by atoms with Crippen molar-refractivity contribution in [2.45, 2.75) is 33.6 Å². The molecule has 0 spiro atoms. The normalized spacial score (nSPS) is 17.4. The number of fused-ring (bicyclic) bond motifs is 1. The first kappa shape index (κ1) is 17.8. The fraction of sp³-hybridized carbons (Fsp3) is 0.333. The SMILES string of the molecule is Cc1c(C(=O)Nc2ccc(Cl)cc2Cl)oc2c1/C(=N\O)CC(C)(C)C2. The van der Waals surface area contributed by atoms with E-state index >= 15 is 0 Å². The summed E-state index contributed by atoms with van der Waals surface area (Å²) in [5, 5.41) is 16.3. The van der Waals surface area contributed by atoms with Crippen molar-refractivity contribution in [1.82, 2.24) is 0 Å². The third kappa shape index (κ3) is 3.39. The van der Waals surface area contributed by atoms with Gasteiger partial charge in [0, 0.05) is 22.6 Å². The summed E-state index contributed by atoms with van der Waals surface area (Å²) in [6.45, 7) is 5.91. The zero-order valence-electron chi connectivity index (χ0n) is 14.1. The number of hydrogen-bond acceptors (Lipinski definition) is 4. The van der Waals surface area contributed by atoms with E-state index in [9.17, 15) is 10.0 Å². The largest absolute Gasteiger partial charge is 0.455 e. The average molecular weight is 381 g/mol. The van der Waals surface area contributed by atoms with Crippen LogP contribution in [0.2, 0.25) is 10.0 Å². The number of hydrogen-bond donors (Lipinski definition) is 2. The van der Waals surface area contributed by atoms with Gasteiger partial charge in [-0.05, 0) is 37.0 Å². The summed E-state index contributed by atoms with van der Waals surface area (Å²) in [4.78, 5) is 12.6. The topological polar surface area (TPSA) is 74.8 Å². The molecular weight excluding hydrogens is 363 g/mol. The molecule has 0 bridgehead atoms. The second-order valence-corrected chi connectivity index (χ2v) is 7.84. The van der Waals surface area contributed by atoms with Gasteiger partial charge >= 0.3 is 0 Å². The highest BCUT2D eigenvalue weighted by Crippen LogP contribution is 2.39. The van der Waals surface area contributed by atoms with Crippen molar-refractivity contribution in [2.75, 3.05) is 5.32 Å². The monoisotopic (exact) mass is 380 g/mol. The summed E-state index contributed by atoms with van der Waals surface area (Å²) in [5.74, 6) is 0.440.